The quantitative estimate of drug-likeness (QED) is 0.325. The van der Waals surface area contributed by atoms with Crippen LogP contribution in [0.3, 0.4) is 0 Å². The Balaban J connectivity index is 1.97. The average molecular weight is 421 g/mol. The zero-order chi connectivity index (χ0) is 22.1. The largest absolute Gasteiger partial charge is 0.382 e. The van der Waals surface area contributed by atoms with Crippen molar-refractivity contribution in [2.45, 2.75) is 72.1 Å². The summed E-state index contributed by atoms with van der Waals surface area (Å²) in [5.74, 6) is 1.09. The number of hydrogen-bond donors (Lipinski definition) is 1. The zero-order valence-electron chi connectivity index (χ0n) is 19.3. The van der Waals surface area contributed by atoms with E-state index in [4.69, 9.17) is 9.72 Å². The maximum Gasteiger partial charge on any atom is 0.157 e. The number of imidazole rings is 1. The van der Waals surface area contributed by atoms with Crippen LogP contribution in [0, 0.1) is 18.3 Å². The van der Waals surface area contributed by atoms with Crippen molar-refractivity contribution >= 4 is 22.5 Å². The van der Waals surface area contributed by atoms with Gasteiger partial charge in [-0.1, -0.05) is 51.2 Å². The molecule has 0 spiro atoms. The van der Waals surface area contributed by atoms with Crippen LogP contribution in [-0.4, -0.2) is 29.1 Å². The third-order valence-electron chi connectivity index (χ3n) is 5.98. The van der Waals surface area contributed by atoms with E-state index in [0.29, 0.717) is 5.56 Å². The number of pyridine rings is 1. The van der Waals surface area contributed by atoms with Gasteiger partial charge in [0.2, 0.25) is 0 Å². The van der Waals surface area contributed by atoms with E-state index in [1.807, 2.05) is 25.1 Å². The molecule has 2 heterocycles. The first-order valence-electron chi connectivity index (χ1n) is 11.9. The predicted molar refractivity (Wildman–Crippen MR) is 129 cm³/mol. The van der Waals surface area contributed by atoms with Gasteiger partial charge in [0.1, 0.15) is 11.9 Å². The highest BCUT2D eigenvalue weighted by molar-refractivity contribution is 5.86. The molecule has 5 nitrogen and oxygen atoms in total. The minimum absolute atomic E-state index is 0.692. The number of ether oxygens (including phenoxy) is 1. The molecule has 1 aromatic carbocycles. The van der Waals surface area contributed by atoms with Gasteiger partial charge in [-0.05, 0) is 56.4 Å². The fraction of sp³-hybridized carbons (Fsp3) is 0.538. The number of nitrogens with one attached hydrogen (secondary N) is 1. The number of fused-ring (bicyclic) bond motifs is 3. The molecular weight excluding hydrogens is 384 g/mol. The van der Waals surface area contributed by atoms with Crippen molar-refractivity contribution < 1.29 is 4.74 Å². The van der Waals surface area contributed by atoms with Crippen molar-refractivity contribution in [1.82, 2.24) is 9.38 Å². The summed E-state index contributed by atoms with van der Waals surface area (Å²) in [5, 5.41) is 13.6. The molecule has 0 atom stereocenters. The molecule has 2 aromatic heterocycles. The van der Waals surface area contributed by atoms with Crippen LogP contribution in [0.5, 0.6) is 0 Å². The summed E-state index contributed by atoms with van der Waals surface area (Å²) in [7, 11) is 0. The molecule has 1 N–H and O–H groups in total. The summed E-state index contributed by atoms with van der Waals surface area (Å²) in [6.07, 6.45) is 9.47. The van der Waals surface area contributed by atoms with Gasteiger partial charge < -0.3 is 10.1 Å². The van der Waals surface area contributed by atoms with Crippen LogP contribution in [0.25, 0.3) is 16.7 Å². The topological polar surface area (TPSA) is 62.4 Å². The second-order valence-corrected chi connectivity index (χ2v) is 8.19. The van der Waals surface area contributed by atoms with E-state index in [-0.39, 0.29) is 0 Å². The lowest BCUT2D eigenvalue weighted by atomic mass is 9.98. The summed E-state index contributed by atoms with van der Waals surface area (Å²) in [5.41, 5.74) is 5.72. The molecular formula is C26H36N4O. The fourth-order valence-corrected chi connectivity index (χ4v) is 4.28. The molecule has 5 heteroatoms. The molecule has 31 heavy (non-hydrogen) atoms. The van der Waals surface area contributed by atoms with E-state index >= 15 is 0 Å². The van der Waals surface area contributed by atoms with Gasteiger partial charge in [-0.15, -0.1) is 0 Å². The van der Waals surface area contributed by atoms with Crippen molar-refractivity contribution in [2.75, 3.05) is 25.1 Å². The number of rotatable bonds is 13. The highest BCUT2D eigenvalue weighted by atomic mass is 16.5. The number of nitrogens with zero attached hydrogens (tertiary/aromatic N) is 3. The molecule has 0 amide bonds. The van der Waals surface area contributed by atoms with Gasteiger partial charge in [-0.3, -0.25) is 4.40 Å². The van der Waals surface area contributed by atoms with Gasteiger partial charge in [0.15, 0.2) is 5.65 Å². The summed E-state index contributed by atoms with van der Waals surface area (Å²) in [4.78, 5) is 4.81. The molecule has 0 aliphatic carbocycles. The lowest BCUT2D eigenvalue weighted by Gasteiger charge is -2.19. The van der Waals surface area contributed by atoms with Crippen molar-refractivity contribution in [1.29, 1.82) is 5.26 Å². The number of aromatic nitrogens is 2. The van der Waals surface area contributed by atoms with Crippen molar-refractivity contribution in [3.05, 3.63) is 41.0 Å². The Morgan fingerprint density at radius 2 is 1.84 bits per heavy atom. The number of nitriles is 1. The summed E-state index contributed by atoms with van der Waals surface area (Å²) in [6.45, 7) is 8.68. The van der Waals surface area contributed by atoms with E-state index in [9.17, 15) is 5.26 Å². The molecule has 0 fully saturated rings. The minimum Gasteiger partial charge on any atom is -0.382 e. The fourth-order valence-electron chi connectivity index (χ4n) is 4.28. The smallest absolute Gasteiger partial charge is 0.157 e. The SMILES string of the molecule is CCCCCCCCc1c(C)c(C#N)c2nc3ccccc3n2c1NCCCOCC. The standard InChI is InChI=1S/C26H36N4O/c1-4-6-7-8-9-10-14-21-20(3)22(19-27)26-29-23-15-11-12-16-24(23)30(26)25(21)28-17-13-18-31-5-2/h11-12,15-16,28H,4-10,13-14,17-18H2,1-3H3. The first-order chi connectivity index (χ1) is 15.2. The number of unbranched alkanes of at least 4 members (excludes halogenated alkanes) is 5. The Morgan fingerprint density at radius 3 is 2.61 bits per heavy atom. The maximum atomic E-state index is 9.96. The van der Waals surface area contributed by atoms with Crippen LogP contribution in [0.15, 0.2) is 24.3 Å². The summed E-state index contributed by atoms with van der Waals surface area (Å²) < 4.78 is 7.67. The van der Waals surface area contributed by atoms with Gasteiger partial charge in [-0.25, -0.2) is 4.98 Å². The molecule has 0 bridgehead atoms. The van der Waals surface area contributed by atoms with Gasteiger partial charge in [-0.2, -0.15) is 5.26 Å². The summed E-state index contributed by atoms with van der Waals surface area (Å²) >= 11 is 0. The first-order valence-corrected chi connectivity index (χ1v) is 11.9. The zero-order valence-corrected chi connectivity index (χ0v) is 19.3. The number of benzene rings is 1. The average Bonchev–Trinajstić information content (AvgIpc) is 3.16. The second kappa shape index (κ2) is 11.7. The van der Waals surface area contributed by atoms with Gasteiger partial charge in [0, 0.05) is 19.8 Å². The number of anilines is 1. The normalized spacial score (nSPS) is 11.3. The van der Waals surface area contributed by atoms with E-state index < -0.39 is 0 Å². The van der Waals surface area contributed by atoms with Crippen LogP contribution in [0.2, 0.25) is 0 Å². The van der Waals surface area contributed by atoms with Crippen molar-refractivity contribution in [3.8, 4) is 6.07 Å². The Labute approximate surface area is 186 Å². The molecule has 0 radical (unpaired) electrons. The predicted octanol–water partition coefficient (Wildman–Crippen LogP) is 6.41. The van der Waals surface area contributed by atoms with Crippen LogP contribution >= 0.6 is 0 Å². The second-order valence-electron chi connectivity index (χ2n) is 8.19. The Morgan fingerprint density at radius 1 is 1.06 bits per heavy atom. The van der Waals surface area contributed by atoms with Gasteiger partial charge in [0.05, 0.1) is 16.6 Å². The Bertz CT molecular complexity index is 1030. The molecule has 3 aromatic rings. The monoisotopic (exact) mass is 420 g/mol. The van der Waals surface area contributed by atoms with E-state index in [1.165, 1.54) is 37.7 Å². The molecule has 0 aliphatic rings. The molecule has 0 saturated heterocycles. The van der Waals surface area contributed by atoms with E-state index in [1.54, 1.807) is 0 Å². The third kappa shape index (κ3) is 5.37. The Kier molecular flexibility index (Phi) is 8.73. The van der Waals surface area contributed by atoms with Crippen molar-refractivity contribution in [3.63, 3.8) is 0 Å². The molecule has 0 aliphatic heterocycles. The van der Waals surface area contributed by atoms with Crippen LogP contribution in [0.4, 0.5) is 5.82 Å². The van der Waals surface area contributed by atoms with E-state index in [2.05, 4.69) is 35.7 Å². The van der Waals surface area contributed by atoms with Crippen LogP contribution in [0.1, 0.15) is 75.5 Å². The molecule has 166 valence electrons. The third-order valence-corrected chi connectivity index (χ3v) is 5.98. The highest BCUT2D eigenvalue weighted by Gasteiger charge is 2.20. The lowest BCUT2D eigenvalue weighted by Crippen LogP contribution is -2.13. The summed E-state index contributed by atoms with van der Waals surface area (Å²) in [6, 6.07) is 10.6. The molecule has 0 unspecified atom stereocenters. The van der Waals surface area contributed by atoms with E-state index in [0.717, 1.165) is 67.1 Å². The van der Waals surface area contributed by atoms with Gasteiger partial charge in [0.25, 0.3) is 0 Å². The van der Waals surface area contributed by atoms with Gasteiger partial charge >= 0.3 is 0 Å². The molecule has 3 rings (SSSR count). The lowest BCUT2D eigenvalue weighted by molar-refractivity contribution is 0.147. The highest BCUT2D eigenvalue weighted by Crippen LogP contribution is 2.32. The Hall–Kier alpha value is -2.58. The molecule has 0 saturated carbocycles. The maximum absolute atomic E-state index is 9.96. The van der Waals surface area contributed by atoms with Crippen molar-refractivity contribution in [2.24, 2.45) is 0 Å². The number of hydrogen-bond acceptors (Lipinski definition) is 4. The number of para-hydroxylation sites is 2. The van der Waals surface area contributed by atoms with Crippen LogP contribution in [-0.2, 0) is 11.2 Å². The minimum atomic E-state index is 0.692. The first kappa shape index (κ1) is 23.1. The van der Waals surface area contributed by atoms with Crippen LogP contribution < -0.4 is 5.32 Å².